The van der Waals surface area contributed by atoms with E-state index in [9.17, 15) is 32.3 Å². The second-order valence-corrected chi connectivity index (χ2v) is 13.1. The molecular weight excluding hydrogens is 677 g/mol. The zero-order valence-corrected chi connectivity index (χ0v) is 27.5. The number of hydrogen-bond acceptors (Lipinski definition) is 8. The highest BCUT2D eigenvalue weighted by atomic mass is 19.1. The fourth-order valence-corrected chi connectivity index (χ4v) is 6.32. The summed E-state index contributed by atoms with van der Waals surface area (Å²) in [5, 5.41) is 6.31. The van der Waals surface area contributed by atoms with E-state index in [4.69, 9.17) is 0 Å². The van der Waals surface area contributed by atoms with Gasteiger partial charge in [-0.05, 0) is 55.5 Å². The molecule has 4 atom stereocenters. The van der Waals surface area contributed by atoms with Gasteiger partial charge in [-0.1, -0.05) is 0 Å². The summed E-state index contributed by atoms with van der Waals surface area (Å²) >= 11 is 0. The molecule has 3 N–H and O–H groups in total. The highest BCUT2D eigenvalue weighted by Gasteiger charge is 2.44. The molecule has 2 amide bonds. The Kier molecular flexibility index (Phi) is 8.12. The number of anilines is 2. The number of carbonyl (C=O) groups excluding carboxylic acids is 2. The van der Waals surface area contributed by atoms with Crippen LogP contribution in [0.2, 0.25) is 0 Å². The lowest BCUT2D eigenvalue weighted by Gasteiger charge is -2.16. The number of fused-ring (bicyclic) bond motifs is 2. The van der Waals surface area contributed by atoms with Gasteiger partial charge in [-0.15, -0.1) is 0 Å². The molecule has 52 heavy (non-hydrogen) atoms. The van der Waals surface area contributed by atoms with Crippen LogP contribution in [-0.2, 0) is 22.6 Å². The molecule has 0 unspecified atom stereocenters. The minimum Gasteiger partial charge on any atom is -0.321 e. The van der Waals surface area contributed by atoms with Gasteiger partial charge in [0, 0.05) is 82.7 Å². The van der Waals surface area contributed by atoms with E-state index in [1.165, 1.54) is 35.3 Å². The Balaban J connectivity index is 1.15. The van der Waals surface area contributed by atoms with Crippen molar-refractivity contribution >= 4 is 45.3 Å². The second-order valence-electron chi connectivity index (χ2n) is 13.1. The van der Waals surface area contributed by atoms with E-state index in [0.29, 0.717) is 44.1 Å². The van der Waals surface area contributed by atoms with Crippen LogP contribution in [0, 0.1) is 24.6 Å². The van der Waals surface area contributed by atoms with Crippen molar-refractivity contribution in [3.05, 3.63) is 105 Å². The first-order valence-electron chi connectivity index (χ1n) is 16.6. The summed E-state index contributed by atoms with van der Waals surface area (Å²) in [6.45, 7) is 1.64. The number of alkyl halides is 2. The third kappa shape index (κ3) is 6.18. The Morgan fingerprint density at radius 3 is 2.15 bits per heavy atom. The average Bonchev–Trinajstić information content (AvgIpc) is 4.06. The first-order chi connectivity index (χ1) is 25.0. The Bertz CT molecular complexity index is 2570. The predicted molar refractivity (Wildman–Crippen MR) is 186 cm³/mol. The number of aryl methyl sites for hydroxylation is 2. The molecule has 0 radical (unpaired) electrons. The van der Waals surface area contributed by atoms with Crippen LogP contribution in [0.3, 0.4) is 0 Å². The predicted octanol–water partition coefficient (Wildman–Crippen LogP) is 5.04. The van der Waals surface area contributed by atoms with E-state index in [1.807, 2.05) is 0 Å². The van der Waals surface area contributed by atoms with Crippen molar-refractivity contribution in [2.75, 3.05) is 10.6 Å². The van der Waals surface area contributed by atoms with Gasteiger partial charge in [0.1, 0.15) is 29.8 Å². The van der Waals surface area contributed by atoms with Crippen molar-refractivity contribution in [1.82, 2.24) is 29.5 Å². The summed E-state index contributed by atoms with van der Waals surface area (Å²) in [5.74, 6) is -2.66. The van der Waals surface area contributed by atoms with E-state index < -0.39 is 52.9 Å². The van der Waals surface area contributed by atoms with Crippen LogP contribution in [0.5, 0.6) is 0 Å². The number of amides is 2. The third-order valence-electron chi connectivity index (χ3n) is 9.56. The Morgan fingerprint density at radius 2 is 1.46 bits per heavy atom. The number of H-pyrrole nitrogens is 1. The van der Waals surface area contributed by atoms with Crippen molar-refractivity contribution < 1.29 is 22.8 Å². The molecule has 0 aliphatic heterocycles. The summed E-state index contributed by atoms with van der Waals surface area (Å²) in [5.41, 5.74) is 2.17. The summed E-state index contributed by atoms with van der Waals surface area (Å²) < 4.78 is 43.0. The van der Waals surface area contributed by atoms with Crippen molar-refractivity contribution in [2.24, 2.45) is 11.8 Å². The molecule has 2 aliphatic carbocycles. The number of nitrogens with zero attached hydrogens (tertiary/aromatic N) is 5. The fraction of sp³-hybridized carbons (Fsp3) is 0.243. The standard InChI is InChI=1S/C37H29F3N8O4/c1-17-25(14-42-16-29(17)40)22-7-20-13-44-33(47-36(51)24-9-28(24)39)11-31(20)48(37(22)52)5-3-18-2-4-41-15-26(18)21-6-19-12-43-32(10-30(19)45-34(21)49)46-35(50)23-8-27(23)38/h2,4,6-7,10-16,23-24,27-28H,3,5,8-9H2,1H3,(H,45,49)(H,43,46,50)(H,44,47,51)/t23-,24+,27+,28+/m0/s1. The molecule has 12 nitrogen and oxygen atoms in total. The Morgan fingerprint density at radius 1 is 0.827 bits per heavy atom. The first-order valence-corrected chi connectivity index (χ1v) is 16.6. The van der Waals surface area contributed by atoms with Gasteiger partial charge in [0.2, 0.25) is 11.8 Å². The number of hydrogen-bond donors (Lipinski definition) is 3. The van der Waals surface area contributed by atoms with Crippen molar-refractivity contribution in [3.8, 4) is 22.3 Å². The molecule has 0 aromatic carbocycles. The zero-order chi connectivity index (χ0) is 36.3. The molecular formula is C37H29F3N8O4. The smallest absolute Gasteiger partial charge is 0.259 e. The molecule has 8 rings (SSSR count). The van der Waals surface area contributed by atoms with Crippen LogP contribution in [0.1, 0.15) is 24.0 Å². The summed E-state index contributed by atoms with van der Waals surface area (Å²) in [7, 11) is 0. The molecule has 2 saturated carbocycles. The maximum atomic E-state index is 14.6. The van der Waals surface area contributed by atoms with Gasteiger partial charge < -0.3 is 20.2 Å². The summed E-state index contributed by atoms with van der Waals surface area (Å²) in [6, 6.07) is 8.02. The zero-order valence-electron chi connectivity index (χ0n) is 27.5. The summed E-state index contributed by atoms with van der Waals surface area (Å²) in [6.07, 6.45) is 6.76. The lowest BCUT2D eigenvalue weighted by molar-refractivity contribution is -0.118. The van der Waals surface area contributed by atoms with Crippen molar-refractivity contribution in [2.45, 2.75) is 45.1 Å². The molecule has 6 aromatic rings. The van der Waals surface area contributed by atoms with Gasteiger partial charge in [-0.25, -0.2) is 23.1 Å². The molecule has 15 heteroatoms. The third-order valence-corrected chi connectivity index (χ3v) is 9.56. The Hall–Kier alpha value is -6.25. The van der Waals surface area contributed by atoms with Gasteiger partial charge in [0.25, 0.3) is 11.1 Å². The minimum absolute atomic E-state index is 0.0887. The highest BCUT2D eigenvalue weighted by molar-refractivity contribution is 5.97. The van der Waals surface area contributed by atoms with Crippen molar-refractivity contribution in [1.29, 1.82) is 0 Å². The molecule has 6 heterocycles. The number of pyridine rings is 6. The molecule has 0 saturated heterocycles. The fourth-order valence-electron chi connectivity index (χ4n) is 6.32. The monoisotopic (exact) mass is 706 g/mol. The molecule has 0 bridgehead atoms. The number of carbonyl (C=O) groups is 2. The highest BCUT2D eigenvalue weighted by Crippen LogP contribution is 2.36. The second kappa shape index (κ2) is 12.8. The van der Waals surface area contributed by atoms with Gasteiger partial charge in [0.05, 0.1) is 29.1 Å². The maximum absolute atomic E-state index is 14.6. The number of rotatable bonds is 9. The van der Waals surface area contributed by atoms with Crippen LogP contribution in [0.4, 0.5) is 24.8 Å². The van der Waals surface area contributed by atoms with Crippen LogP contribution in [0.25, 0.3) is 44.1 Å². The van der Waals surface area contributed by atoms with E-state index in [2.05, 4.69) is 35.6 Å². The van der Waals surface area contributed by atoms with Crippen LogP contribution >= 0.6 is 0 Å². The van der Waals surface area contributed by atoms with Crippen LogP contribution in [-0.4, -0.2) is 53.6 Å². The van der Waals surface area contributed by atoms with Gasteiger partial charge in [-0.2, -0.15) is 0 Å². The number of halogens is 3. The van der Waals surface area contributed by atoms with Gasteiger partial charge in [-0.3, -0.25) is 29.1 Å². The molecule has 262 valence electrons. The van der Waals surface area contributed by atoms with E-state index in [1.54, 1.807) is 37.5 Å². The number of aromatic nitrogens is 6. The molecule has 2 fully saturated rings. The lowest BCUT2D eigenvalue weighted by atomic mass is 9.99. The first kappa shape index (κ1) is 32.9. The minimum atomic E-state index is -1.20. The van der Waals surface area contributed by atoms with Gasteiger partial charge in [0.15, 0.2) is 0 Å². The van der Waals surface area contributed by atoms with E-state index >= 15 is 0 Å². The van der Waals surface area contributed by atoms with E-state index in [0.717, 1.165) is 6.20 Å². The molecule has 6 aromatic heterocycles. The maximum Gasteiger partial charge on any atom is 0.259 e. The normalized spacial score (nSPS) is 19.1. The topological polar surface area (TPSA) is 165 Å². The number of nitrogens with one attached hydrogen (secondary N) is 3. The number of aromatic amines is 1. The van der Waals surface area contributed by atoms with Crippen LogP contribution in [0.15, 0.2) is 77.1 Å². The molecule has 2 aliphatic rings. The van der Waals surface area contributed by atoms with E-state index in [-0.39, 0.29) is 48.6 Å². The average molecular weight is 707 g/mol. The SMILES string of the molecule is Cc1c(F)cncc1-c1cc2cnc(NC(=O)[C@@H]3C[C@H]3F)cc2n(CCc2ccncc2-c2cc3cnc(NC(=O)[C@H]4C[C@H]4F)cc3[nH]c2=O)c1=O. The van der Waals surface area contributed by atoms with Crippen molar-refractivity contribution in [3.63, 3.8) is 0 Å². The Labute approximate surface area is 292 Å². The van der Waals surface area contributed by atoms with Crippen LogP contribution < -0.4 is 21.8 Å². The lowest BCUT2D eigenvalue weighted by Crippen LogP contribution is -2.24. The van der Waals surface area contributed by atoms with Gasteiger partial charge >= 0.3 is 0 Å². The quantitative estimate of drug-likeness (QED) is 0.188. The summed E-state index contributed by atoms with van der Waals surface area (Å²) in [4.78, 5) is 72.0. The molecule has 0 spiro atoms. The largest absolute Gasteiger partial charge is 0.321 e.